The highest BCUT2D eigenvalue weighted by Crippen LogP contribution is 2.12. The SMILES string of the molecule is CCOc1ccc(CC(=O)NCC(=O)Nc2ccccc2)cc1. The van der Waals surface area contributed by atoms with Crippen LogP contribution in [-0.4, -0.2) is 25.0 Å². The van der Waals surface area contributed by atoms with Crippen LogP contribution in [0.2, 0.25) is 0 Å². The van der Waals surface area contributed by atoms with Crippen molar-refractivity contribution in [3.8, 4) is 5.75 Å². The van der Waals surface area contributed by atoms with Crippen molar-refractivity contribution < 1.29 is 14.3 Å². The van der Waals surface area contributed by atoms with Gasteiger partial charge in [0.2, 0.25) is 11.8 Å². The molecule has 0 saturated carbocycles. The molecule has 0 unspecified atom stereocenters. The molecular weight excluding hydrogens is 292 g/mol. The van der Waals surface area contributed by atoms with Crippen LogP contribution < -0.4 is 15.4 Å². The predicted octanol–water partition coefficient (Wildman–Crippen LogP) is 2.38. The van der Waals surface area contributed by atoms with E-state index >= 15 is 0 Å². The van der Waals surface area contributed by atoms with E-state index in [1.807, 2.05) is 49.4 Å². The number of hydrogen-bond acceptors (Lipinski definition) is 3. The minimum absolute atomic E-state index is 0.0508. The van der Waals surface area contributed by atoms with Crippen LogP contribution in [0.25, 0.3) is 0 Å². The third-order valence-electron chi connectivity index (χ3n) is 3.10. The fourth-order valence-corrected chi connectivity index (χ4v) is 2.02. The van der Waals surface area contributed by atoms with Gasteiger partial charge in [0.1, 0.15) is 5.75 Å². The zero-order chi connectivity index (χ0) is 16.5. The van der Waals surface area contributed by atoms with Gasteiger partial charge in [-0.1, -0.05) is 30.3 Å². The molecule has 2 amide bonds. The average Bonchev–Trinajstić information content (AvgIpc) is 2.56. The second-order valence-electron chi connectivity index (χ2n) is 4.94. The van der Waals surface area contributed by atoms with E-state index in [0.717, 1.165) is 11.3 Å². The Kier molecular flexibility index (Phi) is 6.17. The summed E-state index contributed by atoms with van der Waals surface area (Å²) in [6.07, 6.45) is 0.227. The van der Waals surface area contributed by atoms with Crippen molar-refractivity contribution in [3.05, 3.63) is 60.2 Å². The minimum Gasteiger partial charge on any atom is -0.494 e. The Balaban J connectivity index is 1.75. The topological polar surface area (TPSA) is 67.4 Å². The number of hydrogen-bond donors (Lipinski definition) is 2. The highest BCUT2D eigenvalue weighted by atomic mass is 16.5. The number of rotatable bonds is 7. The van der Waals surface area contributed by atoms with Crippen LogP contribution in [0, 0.1) is 0 Å². The van der Waals surface area contributed by atoms with Gasteiger partial charge in [0.25, 0.3) is 0 Å². The van der Waals surface area contributed by atoms with E-state index in [1.54, 1.807) is 12.1 Å². The Morgan fingerprint density at radius 3 is 2.30 bits per heavy atom. The fourth-order valence-electron chi connectivity index (χ4n) is 2.02. The minimum atomic E-state index is -0.253. The van der Waals surface area contributed by atoms with Gasteiger partial charge >= 0.3 is 0 Å². The van der Waals surface area contributed by atoms with Crippen molar-refractivity contribution >= 4 is 17.5 Å². The maximum absolute atomic E-state index is 11.9. The number of para-hydroxylation sites is 1. The Morgan fingerprint density at radius 1 is 0.957 bits per heavy atom. The third-order valence-corrected chi connectivity index (χ3v) is 3.10. The lowest BCUT2D eigenvalue weighted by Crippen LogP contribution is -2.33. The monoisotopic (exact) mass is 312 g/mol. The molecule has 120 valence electrons. The number of nitrogens with one attached hydrogen (secondary N) is 2. The molecule has 0 fully saturated rings. The van der Waals surface area contributed by atoms with Crippen molar-refractivity contribution in [1.82, 2.24) is 5.32 Å². The summed E-state index contributed by atoms with van der Waals surface area (Å²) < 4.78 is 5.35. The highest BCUT2D eigenvalue weighted by molar-refractivity contribution is 5.94. The van der Waals surface area contributed by atoms with Crippen LogP contribution in [0.1, 0.15) is 12.5 Å². The summed E-state index contributed by atoms with van der Waals surface area (Å²) in [4.78, 5) is 23.6. The van der Waals surface area contributed by atoms with Crippen molar-refractivity contribution in [2.24, 2.45) is 0 Å². The number of amides is 2. The molecule has 0 spiro atoms. The van der Waals surface area contributed by atoms with Crippen molar-refractivity contribution in [2.75, 3.05) is 18.5 Å². The molecular formula is C18H20N2O3. The molecule has 0 atom stereocenters. The Bertz CT molecular complexity index is 639. The lowest BCUT2D eigenvalue weighted by atomic mass is 10.1. The summed E-state index contributed by atoms with van der Waals surface area (Å²) in [6, 6.07) is 16.5. The summed E-state index contributed by atoms with van der Waals surface area (Å²) >= 11 is 0. The van der Waals surface area contributed by atoms with Crippen LogP contribution in [0.15, 0.2) is 54.6 Å². The lowest BCUT2D eigenvalue weighted by Gasteiger charge is -2.07. The number of benzene rings is 2. The zero-order valence-corrected chi connectivity index (χ0v) is 13.0. The van der Waals surface area contributed by atoms with Gasteiger partial charge in [-0.3, -0.25) is 9.59 Å². The molecule has 5 heteroatoms. The lowest BCUT2D eigenvalue weighted by molar-refractivity contribution is -0.123. The van der Waals surface area contributed by atoms with E-state index in [0.29, 0.717) is 12.3 Å². The van der Waals surface area contributed by atoms with Gasteiger partial charge in [-0.2, -0.15) is 0 Å². The van der Waals surface area contributed by atoms with Gasteiger partial charge in [0.15, 0.2) is 0 Å². The van der Waals surface area contributed by atoms with Crippen LogP contribution >= 0.6 is 0 Å². The molecule has 0 aliphatic heterocycles. The van der Waals surface area contributed by atoms with Crippen molar-refractivity contribution in [2.45, 2.75) is 13.3 Å². The molecule has 0 aliphatic rings. The standard InChI is InChI=1S/C18H20N2O3/c1-2-23-16-10-8-14(9-11-16)12-17(21)19-13-18(22)20-15-6-4-3-5-7-15/h3-11H,2,12-13H2,1H3,(H,19,21)(H,20,22). The molecule has 2 rings (SSSR count). The van der Waals surface area contributed by atoms with Crippen LogP contribution in [-0.2, 0) is 16.0 Å². The highest BCUT2D eigenvalue weighted by Gasteiger charge is 2.07. The number of carbonyl (C=O) groups is 2. The van der Waals surface area contributed by atoms with Gasteiger partial charge in [0, 0.05) is 5.69 Å². The first-order valence-corrected chi connectivity index (χ1v) is 7.50. The second-order valence-corrected chi connectivity index (χ2v) is 4.94. The van der Waals surface area contributed by atoms with Gasteiger partial charge in [0.05, 0.1) is 19.6 Å². The predicted molar refractivity (Wildman–Crippen MR) is 89.4 cm³/mol. The molecule has 2 aromatic rings. The number of anilines is 1. The molecule has 0 heterocycles. The van der Waals surface area contributed by atoms with Gasteiger partial charge < -0.3 is 15.4 Å². The summed E-state index contributed by atoms with van der Waals surface area (Å²) in [5.74, 6) is 0.326. The van der Waals surface area contributed by atoms with Gasteiger partial charge in [-0.25, -0.2) is 0 Å². The van der Waals surface area contributed by atoms with E-state index in [2.05, 4.69) is 10.6 Å². The van der Waals surface area contributed by atoms with Crippen molar-refractivity contribution in [3.63, 3.8) is 0 Å². The molecule has 0 saturated heterocycles. The summed E-state index contributed by atoms with van der Waals surface area (Å²) in [6.45, 7) is 2.48. The molecule has 0 radical (unpaired) electrons. The second kappa shape index (κ2) is 8.58. The molecule has 23 heavy (non-hydrogen) atoms. The van der Waals surface area contributed by atoms with E-state index in [1.165, 1.54) is 0 Å². The fraction of sp³-hybridized carbons (Fsp3) is 0.222. The molecule has 5 nitrogen and oxygen atoms in total. The summed E-state index contributed by atoms with van der Waals surface area (Å²) in [7, 11) is 0. The van der Waals surface area contributed by atoms with Gasteiger partial charge in [-0.05, 0) is 36.8 Å². The number of carbonyl (C=O) groups excluding carboxylic acids is 2. The number of ether oxygens (including phenoxy) is 1. The molecule has 0 aromatic heterocycles. The van der Waals surface area contributed by atoms with E-state index in [-0.39, 0.29) is 24.8 Å². The third kappa shape index (κ3) is 5.82. The largest absolute Gasteiger partial charge is 0.494 e. The Labute approximate surface area is 135 Å². The maximum atomic E-state index is 11.9. The van der Waals surface area contributed by atoms with E-state index < -0.39 is 0 Å². The molecule has 0 bridgehead atoms. The van der Waals surface area contributed by atoms with E-state index in [4.69, 9.17) is 4.74 Å². The quantitative estimate of drug-likeness (QED) is 0.825. The van der Waals surface area contributed by atoms with Crippen LogP contribution in [0.5, 0.6) is 5.75 Å². The van der Waals surface area contributed by atoms with Gasteiger partial charge in [-0.15, -0.1) is 0 Å². The first kappa shape index (κ1) is 16.5. The first-order valence-electron chi connectivity index (χ1n) is 7.50. The van der Waals surface area contributed by atoms with Crippen molar-refractivity contribution in [1.29, 1.82) is 0 Å². The van der Waals surface area contributed by atoms with Crippen LogP contribution in [0.3, 0.4) is 0 Å². The van der Waals surface area contributed by atoms with E-state index in [9.17, 15) is 9.59 Å². The molecule has 2 aromatic carbocycles. The first-order chi connectivity index (χ1) is 11.2. The average molecular weight is 312 g/mol. The summed E-state index contributed by atoms with van der Waals surface area (Å²) in [5, 5.41) is 5.32. The smallest absolute Gasteiger partial charge is 0.243 e. The van der Waals surface area contributed by atoms with Crippen LogP contribution in [0.4, 0.5) is 5.69 Å². The molecule has 2 N–H and O–H groups in total. The zero-order valence-electron chi connectivity index (χ0n) is 13.0. The Hall–Kier alpha value is -2.82. The Morgan fingerprint density at radius 2 is 1.65 bits per heavy atom. The summed E-state index contributed by atoms with van der Waals surface area (Å²) in [5.41, 5.74) is 1.58. The normalized spacial score (nSPS) is 9.96. The maximum Gasteiger partial charge on any atom is 0.243 e. The molecule has 0 aliphatic carbocycles.